The highest BCUT2D eigenvalue weighted by Gasteiger charge is 2.24. The molecule has 0 saturated carbocycles. The van der Waals surface area contributed by atoms with Crippen LogP contribution >= 0.6 is 14.8 Å². The second kappa shape index (κ2) is 3.27. The molecule has 0 bridgehead atoms. The monoisotopic (exact) mass is 238 g/mol. The van der Waals surface area contributed by atoms with Crippen molar-refractivity contribution in [2.45, 2.75) is 25.0 Å². The van der Waals surface area contributed by atoms with Crippen molar-refractivity contribution in [1.82, 2.24) is 0 Å². The van der Waals surface area contributed by atoms with Crippen molar-refractivity contribution in [3.8, 4) is 0 Å². The molecule has 2 nitrogen and oxygen atoms in total. The first-order chi connectivity index (χ1) is 5.00. The fourth-order valence-corrected chi connectivity index (χ4v) is 2.93. The lowest BCUT2D eigenvalue weighted by molar-refractivity contribution is 0.515. The third kappa shape index (κ3) is 2.60. The second-order valence-corrected chi connectivity index (χ2v) is 7.28. The number of allylic oxidation sites excluding steroid dienone is 1. The van der Waals surface area contributed by atoms with Crippen molar-refractivity contribution in [1.29, 1.82) is 0 Å². The van der Waals surface area contributed by atoms with E-state index in [1.54, 1.807) is 6.08 Å². The predicted molar refractivity (Wildman–Crippen MR) is 49.2 cm³/mol. The summed E-state index contributed by atoms with van der Waals surface area (Å²) >= 11 is 2.69. The highest BCUT2D eigenvalue weighted by Crippen LogP contribution is 2.25. The molecule has 0 heterocycles. The van der Waals surface area contributed by atoms with E-state index in [2.05, 4.69) is 21.7 Å². The molecule has 0 aromatic carbocycles. The van der Waals surface area contributed by atoms with Crippen LogP contribution in [-0.2, 0) is 8.27 Å². The first kappa shape index (κ1) is 9.26. The number of rotatable bonds is 1. The Bertz CT molecular complexity index is 256. The minimum atomic E-state index is -3.03. The maximum absolute atomic E-state index is 11.0. The van der Waals surface area contributed by atoms with Gasteiger partial charge in [0.2, 0.25) is 8.27 Å². The van der Waals surface area contributed by atoms with E-state index in [9.17, 15) is 8.42 Å². The molecule has 0 N–H and O–H groups in total. The van der Waals surface area contributed by atoms with Crippen molar-refractivity contribution in [3.63, 3.8) is 0 Å². The Morgan fingerprint density at radius 2 is 2.18 bits per heavy atom. The average Bonchev–Trinajstić information content (AvgIpc) is 1.86. The van der Waals surface area contributed by atoms with Crippen molar-refractivity contribution in [3.05, 3.63) is 12.2 Å². The summed E-state index contributed by atoms with van der Waals surface area (Å²) in [6, 6.07) is 0. The van der Waals surface area contributed by atoms with Crippen LogP contribution in [0.2, 0.25) is 0 Å². The van der Waals surface area contributed by atoms with Crippen LogP contribution in [0.5, 0.6) is 0 Å². The fourth-order valence-electron chi connectivity index (χ4n) is 1.24. The average molecular weight is 239 g/mol. The van der Waals surface area contributed by atoms with E-state index >= 15 is 0 Å². The van der Waals surface area contributed by atoms with E-state index in [1.165, 1.54) is 0 Å². The summed E-state index contributed by atoms with van der Waals surface area (Å²) in [5.74, 6) is 0.484. The lowest BCUT2D eigenvalue weighted by Crippen LogP contribution is -2.19. The standard InChI is InChI=1S/C7H11BrO2S/c1-6-3-2-4-7(5-6)11(8,9)10/h2,4,6-7H,3,5H2,1H3/t6-,7-/m0/s1. The van der Waals surface area contributed by atoms with Gasteiger partial charge in [0.15, 0.2) is 0 Å². The van der Waals surface area contributed by atoms with Gasteiger partial charge in [-0.2, -0.15) is 0 Å². The maximum Gasteiger partial charge on any atom is 0.215 e. The summed E-state index contributed by atoms with van der Waals surface area (Å²) in [5, 5.41) is -0.314. The smallest absolute Gasteiger partial charge is 0.215 e. The Hall–Kier alpha value is 0.170. The molecule has 0 fully saturated rings. The Kier molecular flexibility index (Phi) is 2.75. The predicted octanol–water partition coefficient (Wildman–Crippen LogP) is 2.07. The molecule has 0 aromatic rings. The molecule has 0 aromatic heterocycles. The van der Waals surface area contributed by atoms with Crippen molar-refractivity contribution >= 4 is 23.1 Å². The summed E-state index contributed by atoms with van der Waals surface area (Å²) in [4.78, 5) is 0. The topological polar surface area (TPSA) is 34.1 Å². The van der Waals surface area contributed by atoms with Crippen molar-refractivity contribution in [2.75, 3.05) is 0 Å². The first-order valence-corrected chi connectivity index (χ1v) is 6.99. The quantitative estimate of drug-likeness (QED) is 0.518. The van der Waals surface area contributed by atoms with E-state index in [-0.39, 0.29) is 5.25 Å². The van der Waals surface area contributed by atoms with E-state index in [0.717, 1.165) is 12.8 Å². The Morgan fingerprint density at radius 1 is 1.55 bits per heavy atom. The molecule has 64 valence electrons. The largest absolute Gasteiger partial charge is 0.216 e. The van der Waals surface area contributed by atoms with Gasteiger partial charge in [-0.3, -0.25) is 0 Å². The third-order valence-electron chi connectivity index (χ3n) is 1.89. The molecular weight excluding hydrogens is 228 g/mol. The van der Waals surface area contributed by atoms with E-state index < -0.39 is 8.27 Å². The highest BCUT2D eigenvalue weighted by molar-refractivity contribution is 9.47. The zero-order valence-corrected chi connectivity index (χ0v) is 8.73. The molecule has 0 spiro atoms. The minimum Gasteiger partial charge on any atom is -0.216 e. The van der Waals surface area contributed by atoms with Crippen LogP contribution < -0.4 is 0 Å². The number of hydrogen-bond donors (Lipinski definition) is 0. The molecule has 0 aliphatic heterocycles. The normalized spacial score (nSPS) is 32.2. The zero-order valence-electron chi connectivity index (χ0n) is 6.33. The highest BCUT2D eigenvalue weighted by atomic mass is 79.9. The van der Waals surface area contributed by atoms with Crippen LogP contribution in [0.3, 0.4) is 0 Å². The molecule has 0 radical (unpaired) electrons. The van der Waals surface area contributed by atoms with Gasteiger partial charge in [-0.05, 0) is 18.8 Å². The first-order valence-electron chi connectivity index (χ1n) is 3.60. The van der Waals surface area contributed by atoms with E-state index in [4.69, 9.17) is 0 Å². The molecule has 0 unspecified atom stereocenters. The van der Waals surface area contributed by atoms with E-state index in [0.29, 0.717) is 5.92 Å². The fraction of sp³-hybridized carbons (Fsp3) is 0.714. The van der Waals surface area contributed by atoms with Gasteiger partial charge >= 0.3 is 0 Å². The van der Waals surface area contributed by atoms with Gasteiger partial charge in [-0.1, -0.05) is 19.1 Å². The molecule has 0 saturated heterocycles. The Balaban J connectivity index is 2.76. The summed E-state index contributed by atoms with van der Waals surface area (Å²) in [6.07, 6.45) is 5.45. The van der Waals surface area contributed by atoms with Gasteiger partial charge in [0.25, 0.3) is 0 Å². The van der Waals surface area contributed by atoms with E-state index in [1.807, 2.05) is 6.08 Å². The summed E-state index contributed by atoms with van der Waals surface area (Å²) in [5.41, 5.74) is 0. The zero-order chi connectivity index (χ0) is 8.48. The van der Waals surface area contributed by atoms with Crippen molar-refractivity contribution < 1.29 is 8.42 Å². The van der Waals surface area contributed by atoms with Crippen LogP contribution in [0.1, 0.15) is 19.8 Å². The molecule has 1 rings (SSSR count). The molecule has 1 aliphatic carbocycles. The SMILES string of the molecule is C[C@H]1CC=C[C@H](S(=O)(=O)Br)C1. The van der Waals surface area contributed by atoms with Gasteiger partial charge in [-0.25, -0.2) is 8.42 Å². The summed E-state index contributed by atoms with van der Waals surface area (Å²) < 4.78 is 22.0. The van der Waals surface area contributed by atoms with Gasteiger partial charge in [0, 0.05) is 0 Å². The van der Waals surface area contributed by atoms with Crippen LogP contribution in [0.25, 0.3) is 0 Å². The van der Waals surface area contributed by atoms with Crippen LogP contribution in [0, 0.1) is 5.92 Å². The van der Waals surface area contributed by atoms with Gasteiger partial charge in [0.05, 0.1) is 20.1 Å². The summed E-state index contributed by atoms with van der Waals surface area (Å²) in [7, 11) is -3.03. The number of halogens is 1. The third-order valence-corrected chi connectivity index (χ3v) is 4.40. The molecule has 0 amide bonds. The Labute approximate surface area is 74.8 Å². The second-order valence-electron chi connectivity index (χ2n) is 3.02. The lowest BCUT2D eigenvalue weighted by Gasteiger charge is -2.18. The molecular formula is C7H11BrO2S. The van der Waals surface area contributed by atoms with Crippen LogP contribution in [-0.4, -0.2) is 13.7 Å². The lowest BCUT2D eigenvalue weighted by atomic mass is 9.96. The minimum absolute atomic E-state index is 0.314. The maximum atomic E-state index is 11.0. The molecule has 4 heteroatoms. The van der Waals surface area contributed by atoms with Crippen molar-refractivity contribution in [2.24, 2.45) is 5.92 Å². The van der Waals surface area contributed by atoms with Gasteiger partial charge in [-0.15, -0.1) is 0 Å². The molecule has 2 atom stereocenters. The number of hydrogen-bond acceptors (Lipinski definition) is 2. The molecule has 11 heavy (non-hydrogen) atoms. The molecule has 1 aliphatic rings. The Morgan fingerprint density at radius 3 is 2.55 bits per heavy atom. The summed E-state index contributed by atoms with van der Waals surface area (Å²) in [6.45, 7) is 2.06. The van der Waals surface area contributed by atoms with Gasteiger partial charge < -0.3 is 0 Å². The van der Waals surface area contributed by atoms with Gasteiger partial charge in [0.1, 0.15) is 0 Å². The van der Waals surface area contributed by atoms with Crippen LogP contribution in [0.15, 0.2) is 12.2 Å². The van der Waals surface area contributed by atoms with Crippen LogP contribution in [0.4, 0.5) is 0 Å².